The van der Waals surface area contributed by atoms with E-state index in [-0.39, 0.29) is 11.9 Å². The van der Waals surface area contributed by atoms with E-state index in [2.05, 4.69) is 5.32 Å². The molecular formula is C12H17N3O. The summed E-state index contributed by atoms with van der Waals surface area (Å²) < 4.78 is 0. The summed E-state index contributed by atoms with van der Waals surface area (Å²) in [5.41, 5.74) is 8.60. The third-order valence-electron chi connectivity index (χ3n) is 2.91. The van der Waals surface area contributed by atoms with E-state index in [1.807, 2.05) is 32.0 Å². The van der Waals surface area contributed by atoms with Crippen LogP contribution in [0.1, 0.15) is 19.4 Å². The Balaban J connectivity index is 2.48. The van der Waals surface area contributed by atoms with Crippen LogP contribution in [0, 0.1) is 0 Å². The molecule has 86 valence electrons. The van der Waals surface area contributed by atoms with E-state index in [9.17, 15) is 4.79 Å². The summed E-state index contributed by atoms with van der Waals surface area (Å²) in [5.74, 6) is 0.115. The average molecular weight is 219 g/mol. The van der Waals surface area contributed by atoms with Crippen LogP contribution in [0.5, 0.6) is 0 Å². The molecule has 1 aliphatic rings. The molecule has 0 saturated carbocycles. The fraction of sp³-hybridized carbons (Fsp3) is 0.417. The maximum absolute atomic E-state index is 12.0. The van der Waals surface area contributed by atoms with Gasteiger partial charge in [0.1, 0.15) is 6.04 Å². The number of carbonyl (C=O) groups excluding carboxylic acids is 1. The molecule has 1 amide bonds. The number of anilines is 2. The Hall–Kier alpha value is -1.55. The number of rotatable bonds is 2. The third-order valence-corrected chi connectivity index (χ3v) is 2.91. The number of likely N-dealkylation sites (N-methyl/N-ethyl adjacent to an activating group) is 1. The summed E-state index contributed by atoms with van der Waals surface area (Å²) in [6.45, 7) is 5.04. The lowest BCUT2D eigenvalue weighted by molar-refractivity contribution is -0.119. The molecule has 1 heterocycles. The molecule has 0 bridgehead atoms. The van der Waals surface area contributed by atoms with Gasteiger partial charge in [-0.15, -0.1) is 0 Å². The maximum atomic E-state index is 12.0. The van der Waals surface area contributed by atoms with Gasteiger partial charge in [0, 0.05) is 13.1 Å². The zero-order valence-corrected chi connectivity index (χ0v) is 9.66. The van der Waals surface area contributed by atoms with Crippen molar-refractivity contribution in [3.63, 3.8) is 0 Å². The fourth-order valence-corrected chi connectivity index (χ4v) is 2.02. The van der Waals surface area contributed by atoms with Crippen molar-refractivity contribution in [2.75, 3.05) is 16.8 Å². The first kappa shape index (κ1) is 11.0. The van der Waals surface area contributed by atoms with E-state index in [1.165, 1.54) is 0 Å². The Kier molecular flexibility index (Phi) is 2.83. The van der Waals surface area contributed by atoms with E-state index in [4.69, 9.17) is 5.73 Å². The highest BCUT2D eigenvalue weighted by Crippen LogP contribution is 2.32. The van der Waals surface area contributed by atoms with E-state index in [1.54, 1.807) is 4.90 Å². The van der Waals surface area contributed by atoms with Gasteiger partial charge in [0.25, 0.3) is 0 Å². The minimum absolute atomic E-state index is 0.115. The monoisotopic (exact) mass is 219 g/mol. The summed E-state index contributed by atoms with van der Waals surface area (Å²) in [7, 11) is 0. The van der Waals surface area contributed by atoms with Gasteiger partial charge in [-0.2, -0.15) is 0 Å². The van der Waals surface area contributed by atoms with Gasteiger partial charge in [0.15, 0.2) is 0 Å². The van der Waals surface area contributed by atoms with Crippen LogP contribution in [0.25, 0.3) is 0 Å². The van der Waals surface area contributed by atoms with Gasteiger partial charge < -0.3 is 16.0 Å². The highest BCUT2D eigenvalue weighted by molar-refractivity contribution is 6.04. The van der Waals surface area contributed by atoms with Crippen LogP contribution in [0.15, 0.2) is 18.2 Å². The van der Waals surface area contributed by atoms with Crippen molar-refractivity contribution >= 4 is 17.3 Å². The number of carbonyl (C=O) groups is 1. The summed E-state index contributed by atoms with van der Waals surface area (Å²) in [6.07, 6.45) is 0. The molecule has 1 aliphatic heterocycles. The number of nitrogens with zero attached hydrogens (tertiary/aromatic N) is 1. The highest BCUT2D eigenvalue weighted by atomic mass is 16.2. The number of benzene rings is 1. The van der Waals surface area contributed by atoms with Crippen molar-refractivity contribution < 1.29 is 4.79 Å². The quantitative estimate of drug-likeness (QED) is 0.788. The van der Waals surface area contributed by atoms with Crippen LogP contribution in [0.3, 0.4) is 0 Å². The van der Waals surface area contributed by atoms with E-state index in [0.717, 1.165) is 16.9 Å². The van der Waals surface area contributed by atoms with Gasteiger partial charge in [-0.05, 0) is 31.5 Å². The van der Waals surface area contributed by atoms with Crippen LogP contribution >= 0.6 is 0 Å². The molecule has 1 atom stereocenters. The van der Waals surface area contributed by atoms with Crippen molar-refractivity contribution in [1.82, 2.24) is 0 Å². The molecule has 1 aromatic rings. The Morgan fingerprint density at radius 3 is 2.88 bits per heavy atom. The van der Waals surface area contributed by atoms with Gasteiger partial charge in [-0.3, -0.25) is 4.79 Å². The molecule has 0 fully saturated rings. The van der Waals surface area contributed by atoms with E-state index in [0.29, 0.717) is 13.1 Å². The smallest absolute Gasteiger partial charge is 0.249 e. The summed E-state index contributed by atoms with van der Waals surface area (Å²) >= 11 is 0. The van der Waals surface area contributed by atoms with E-state index >= 15 is 0 Å². The topological polar surface area (TPSA) is 58.4 Å². The fourth-order valence-electron chi connectivity index (χ4n) is 2.02. The van der Waals surface area contributed by atoms with Crippen molar-refractivity contribution in [3.8, 4) is 0 Å². The number of fused-ring (bicyclic) bond motifs is 1. The number of hydrogen-bond donors (Lipinski definition) is 2. The minimum Gasteiger partial charge on any atom is -0.372 e. The van der Waals surface area contributed by atoms with Crippen LogP contribution in [0.2, 0.25) is 0 Å². The van der Waals surface area contributed by atoms with E-state index < -0.39 is 0 Å². The Morgan fingerprint density at radius 1 is 1.50 bits per heavy atom. The lowest BCUT2D eigenvalue weighted by Gasteiger charge is -2.33. The zero-order chi connectivity index (χ0) is 11.7. The molecule has 0 saturated heterocycles. The summed E-state index contributed by atoms with van der Waals surface area (Å²) in [4.78, 5) is 13.8. The molecule has 1 aromatic carbocycles. The summed E-state index contributed by atoms with van der Waals surface area (Å²) in [6, 6.07) is 5.80. The number of nitrogens with two attached hydrogens (primary N) is 1. The van der Waals surface area contributed by atoms with Crippen molar-refractivity contribution in [2.24, 2.45) is 5.73 Å². The van der Waals surface area contributed by atoms with Crippen LogP contribution in [-0.2, 0) is 11.3 Å². The summed E-state index contributed by atoms with van der Waals surface area (Å²) in [5, 5.41) is 3.19. The highest BCUT2D eigenvalue weighted by Gasteiger charge is 2.28. The number of hydrogen-bond acceptors (Lipinski definition) is 3. The molecule has 1 unspecified atom stereocenters. The first-order chi connectivity index (χ1) is 7.67. The molecule has 0 spiro atoms. The third kappa shape index (κ3) is 1.65. The van der Waals surface area contributed by atoms with Gasteiger partial charge in [-0.25, -0.2) is 0 Å². The maximum Gasteiger partial charge on any atom is 0.249 e. The molecule has 16 heavy (non-hydrogen) atoms. The Morgan fingerprint density at radius 2 is 2.25 bits per heavy atom. The minimum atomic E-state index is -0.156. The van der Waals surface area contributed by atoms with Crippen molar-refractivity contribution in [3.05, 3.63) is 23.8 Å². The molecule has 0 aliphatic carbocycles. The molecule has 4 nitrogen and oxygen atoms in total. The normalized spacial score (nSPS) is 19.3. The predicted molar refractivity (Wildman–Crippen MR) is 65.4 cm³/mol. The Labute approximate surface area is 95.4 Å². The average Bonchev–Trinajstić information content (AvgIpc) is 2.30. The molecule has 0 radical (unpaired) electrons. The second-order valence-electron chi connectivity index (χ2n) is 4.00. The SMILES string of the molecule is CCN1C(=O)C(C)Nc2ccc(CN)cc21. The molecule has 0 aromatic heterocycles. The van der Waals surface area contributed by atoms with Gasteiger partial charge in [0.05, 0.1) is 11.4 Å². The van der Waals surface area contributed by atoms with Gasteiger partial charge in [0.2, 0.25) is 5.91 Å². The first-order valence-electron chi connectivity index (χ1n) is 5.58. The standard InChI is InChI=1S/C12H17N3O/c1-3-15-11-6-9(7-13)4-5-10(11)14-8(2)12(15)16/h4-6,8,14H,3,7,13H2,1-2H3. The lowest BCUT2D eigenvalue weighted by Crippen LogP contribution is -2.45. The number of amides is 1. The second kappa shape index (κ2) is 4.14. The molecular weight excluding hydrogens is 202 g/mol. The van der Waals surface area contributed by atoms with Crippen LogP contribution < -0.4 is 16.0 Å². The largest absolute Gasteiger partial charge is 0.372 e. The molecule has 2 rings (SSSR count). The first-order valence-corrected chi connectivity index (χ1v) is 5.58. The molecule has 3 N–H and O–H groups in total. The number of nitrogens with one attached hydrogen (secondary N) is 1. The Bertz CT molecular complexity index is 417. The molecule has 4 heteroatoms. The van der Waals surface area contributed by atoms with Crippen LogP contribution in [-0.4, -0.2) is 18.5 Å². The predicted octanol–water partition coefficient (Wildman–Crippen LogP) is 1.31. The lowest BCUT2D eigenvalue weighted by atomic mass is 10.1. The van der Waals surface area contributed by atoms with Gasteiger partial charge >= 0.3 is 0 Å². The zero-order valence-electron chi connectivity index (χ0n) is 9.66. The van der Waals surface area contributed by atoms with Crippen molar-refractivity contribution in [2.45, 2.75) is 26.4 Å². The van der Waals surface area contributed by atoms with Crippen LogP contribution in [0.4, 0.5) is 11.4 Å². The van der Waals surface area contributed by atoms with Gasteiger partial charge in [-0.1, -0.05) is 6.07 Å². The van der Waals surface area contributed by atoms with Crippen molar-refractivity contribution in [1.29, 1.82) is 0 Å². The second-order valence-corrected chi connectivity index (χ2v) is 4.00.